The normalized spacial score (nSPS) is 10.1. The van der Waals surface area contributed by atoms with Crippen molar-refractivity contribution in [3.8, 4) is 0 Å². The molecule has 0 unspecified atom stereocenters. The fraction of sp³-hybridized carbons (Fsp3) is 0.125. The molecule has 2 aromatic heterocycles. The van der Waals surface area contributed by atoms with Gasteiger partial charge in [0.2, 0.25) is 0 Å². The first-order valence-corrected chi connectivity index (χ1v) is 6.02. The van der Waals surface area contributed by atoms with Crippen LogP contribution in [0.15, 0.2) is 29.0 Å². The number of hydrogen-bond donors (Lipinski definition) is 1. The Morgan fingerprint density at radius 2 is 2.29 bits per heavy atom. The molecule has 4 nitrogen and oxygen atoms in total. The van der Waals surface area contributed by atoms with Crippen molar-refractivity contribution in [2.45, 2.75) is 5.16 Å². The minimum absolute atomic E-state index is 0.756. The Morgan fingerprint density at radius 3 is 3.00 bits per heavy atom. The van der Waals surface area contributed by atoms with E-state index in [1.165, 1.54) is 11.8 Å². The summed E-state index contributed by atoms with van der Waals surface area (Å²) < 4.78 is 0. The van der Waals surface area contributed by atoms with Gasteiger partial charge < -0.3 is 5.32 Å². The maximum atomic E-state index is 4.27. The SMILES string of the molecule is CSc1nccc(Nc2nccs2)n1. The summed E-state index contributed by atoms with van der Waals surface area (Å²) in [6.45, 7) is 0. The highest BCUT2D eigenvalue weighted by atomic mass is 32.2. The van der Waals surface area contributed by atoms with Crippen LogP contribution in [0.25, 0.3) is 0 Å². The molecule has 0 saturated heterocycles. The predicted molar refractivity (Wildman–Crippen MR) is 59.2 cm³/mol. The van der Waals surface area contributed by atoms with E-state index in [0.29, 0.717) is 0 Å². The fourth-order valence-corrected chi connectivity index (χ4v) is 1.80. The first kappa shape index (κ1) is 9.42. The molecule has 0 amide bonds. The largest absolute Gasteiger partial charge is 0.316 e. The van der Waals surface area contributed by atoms with Crippen LogP contribution >= 0.6 is 23.1 Å². The first-order valence-electron chi connectivity index (χ1n) is 3.92. The molecule has 0 aliphatic rings. The average Bonchev–Trinajstić information content (AvgIpc) is 2.71. The zero-order chi connectivity index (χ0) is 9.80. The highest BCUT2D eigenvalue weighted by Gasteiger charge is 1.99. The molecule has 14 heavy (non-hydrogen) atoms. The van der Waals surface area contributed by atoms with E-state index in [1.54, 1.807) is 23.7 Å². The smallest absolute Gasteiger partial charge is 0.189 e. The first-order chi connectivity index (χ1) is 6.88. The van der Waals surface area contributed by atoms with Crippen molar-refractivity contribution in [1.82, 2.24) is 15.0 Å². The third-order valence-electron chi connectivity index (χ3n) is 1.48. The number of aromatic nitrogens is 3. The van der Waals surface area contributed by atoms with Crippen molar-refractivity contribution in [3.05, 3.63) is 23.8 Å². The van der Waals surface area contributed by atoms with E-state index in [2.05, 4.69) is 20.3 Å². The van der Waals surface area contributed by atoms with Gasteiger partial charge in [0.25, 0.3) is 0 Å². The lowest BCUT2D eigenvalue weighted by atomic mass is 10.6. The maximum absolute atomic E-state index is 4.27. The Morgan fingerprint density at radius 1 is 1.36 bits per heavy atom. The van der Waals surface area contributed by atoms with E-state index in [4.69, 9.17) is 0 Å². The number of rotatable bonds is 3. The molecule has 0 fully saturated rings. The molecule has 72 valence electrons. The van der Waals surface area contributed by atoms with Crippen LogP contribution in [0, 0.1) is 0 Å². The van der Waals surface area contributed by atoms with Crippen LogP contribution in [0.1, 0.15) is 0 Å². The van der Waals surface area contributed by atoms with E-state index in [1.807, 2.05) is 17.7 Å². The van der Waals surface area contributed by atoms with Crippen LogP contribution < -0.4 is 5.32 Å². The van der Waals surface area contributed by atoms with Crippen molar-refractivity contribution in [1.29, 1.82) is 0 Å². The zero-order valence-corrected chi connectivity index (χ0v) is 9.10. The van der Waals surface area contributed by atoms with Gasteiger partial charge in [-0.1, -0.05) is 11.8 Å². The molecule has 0 bridgehead atoms. The van der Waals surface area contributed by atoms with Gasteiger partial charge in [0.15, 0.2) is 10.3 Å². The van der Waals surface area contributed by atoms with Crippen LogP contribution in [0.2, 0.25) is 0 Å². The summed E-state index contributed by atoms with van der Waals surface area (Å²) in [5, 5.41) is 6.62. The van der Waals surface area contributed by atoms with Crippen LogP contribution in [0.5, 0.6) is 0 Å². The Balaban J connectivity index is 2.17. The van der Waals surface area contributed by atoms with Gasteiger partial charge >= 0.3 is 0 Å². The summed E-state index contributed by atoms with van der Waals surface area (Å²) in [6, 6.07) is 1.82. The summed E-state index contributed by atoms with van der Waals surface area (Å²) in [5.41, 5.74) is 0. The fourth-order valence-electron chi connectivity index (χ4n) is 0.904. The molecule has 6 heteroatoms. The maximum Gasteiger partial charge on any atom is 0.189 e. The van der Waals surface area contributed by atoms with Gasteiger partial charge in [-0.3, -0.25) is 0 Å². The molecule has 1 N–H and O–H groups in total. The van der Waals surface area contributed by atoms with E-state index < -0.39 is 0 Å². The van der Waals surface area contributed by atoms with Crippen LogP contribution in [-0.2, 0) is 0 Å². The molecule has 0 aliphatic carbocycles. The van der Waals surface area contributed by atoms with E-state index >= 15 is 0 Å². The Labute approximate surface area is 89.8 Å². The number of anilines is 2. The predicted octanol–water partition coefficient (Wildman–Crippen LogP) is 2.40. The molecule has 2 rings (SSSR count). The number of nitrogens with zero attached hydrogens (tertiary/aromatic N) is 3. The van der Waals surface area contributed by atoms with Gasteiger partial charge in [-0.15, -0.1) is 11.3 Å². The van der Waals surface area contributed by atoms with Crippen molar-refractivity contribution in [2.75, 3.05) is 11.6 Å². The quantitative estimate of drug-likeness (QED) is 0.641. The van der Waals surface area contributed by atoms with Crippen LogP contribution in [0.4, 0.5) is 10.9 Å². The minimum Gasteiger partial charge on any atom is -0.316 e. The summed E-state index contributed by atoms with van der Waals surface area (Å²) in [6.07, 6.45) is 5.43. The Hall–Kier alpha value is -1.14. The highest BCUT2D eigenvalue weighted by molar-refractivity contribution is 7.98. The third-order valence-corrected chi connectivity index (χ3v) is 2.73. The lowest BCUT2D eigenvalue weighted by Crippen LogP contribution is -1.94. The monoisotopic (exact) mass is 224 g/mol. The highest BCUT2D eigenvalue weighted by Crippen LogP contribution is 2.17. The number of thioether (sulfide) groups is 1. The van der Waals surface area contributed by atoms with Crippen molar-refractivity contribution < 1.29 is 0 Å². The molecule has 0 spiro atoms. The van der Waals surface area contributed by atoms with Crippen LogP contribution in [-0.4, -0.2) is 21.2 Å². The standard InChI is InChI=1S/C8H8N4S2/c1-13-7-9-3-2-6(11-7)12-8-10-4-5-14-8/h2-5H,1H3,(H,9,10,11,12). The average molecular weight is 224 g/mol. The van der Waals surface area contributed by atoms with E-state index in [0.717, 1.165) is 16.1 Å². The van der Waals surface area contributed by atoms with E-state index in [-0.39, 0.29) is 0 Å². The Kier molecular flexibility index (Phi) is 2.95. The summed E-state index contributed by atoms with van der Waals surface area (Å²) in [4.78, 5) is 12.5. The Bertz CT molecular complexity index is 401. The second-order valence-corrected chi connectivity index (χ2v) is 4.06. The second-order valence-electron chi connectivity index (χ2n) is 2.39. The van der Waals surface area contributed by atoms with E-state index in [9.17, 15) is 0 Å². The number of hydrogen-bond acceptors (Lipinski definition) is 6. The van der Waals surface area contributed by atoms with Crippen molar-refractivity contribution in [3.63, 3.8) is 0 Å². The second kappa shape index (κ2) is 4.39. The van der Waals surface area contributed by atoms with Gasteiger partial charge in [0, 0.05) is 17.8 Å². The third kappa shape index (κ3) is 2.21. The van der Waals surface area contributed by atoms with Crippen molar-refractivity contribution in [2.24, 2.45) is 0 Å². The van der Waals surface area contributed by atoms with Gasteiger partial charge in [-0.25, -0.2) is 15.0 Å². The van der Waals surface area contributed by atoms with Crippen LogP contribution in [0.3, 0.4) is 0 Å². The summed E-state index contributed by atoms with van der Waals surface area (Å²) >= 11 is 3.06. The molecular formula is C8H8N4S2. The number of nitrogens with one attached hydrogen (secondary N) is 1. The van der Waals surface area contributed by atoms with Gasteiger partial charge in [0.1, 0.15) is 5.82 Å². The minimum atomic E-state index is 0.756. The molecule has 0 aromatic carbocycles. The molecule has 2 heterocycles. The molecule has 0 saturated carbocycles. The van der Waals surface area contributed by atoms with Gasteiger partial charge in [-0.2, -0.15) is 0 Å². The molecule has 0 atom stereocenters. The summed E-state index contributed by atoms with van der Waals surface area (Å²) in [7, 11) is 0. The lowest BCUT2D eigenvalue weighted by molar-refractivity contribution is 0.975. The molecule has 0 aliphatic heterocycles. The zero-order valence-electron chi connectivity index (χ0n) is 7.47. The summed E-state index contributed by atoms with van der Waals surface area (Å²) in [5.74, 6) is 0.777. The van der Waals surface area contributed by atoms with Gasteiger partial charge in [0.05, 0.1) is 0 Å². The van der Waals surface area contributed by atoms with Gasteiger partial charge in [-0.05, 0) is 12.3 Å². The molecule has 2 aromatic rings. The lowest BCUT2D eigenvalue weighted by Gasteiger charge is -2.01. The molecule has 0 radical (unpaired) electrons. The molecular weight excluding hydrogens is 216 g/mol. The topological polar surface area (TPSA) is 50.7 Å². The van der Waals surface area contributed by atoms with Crippen molar-refractivity contribution >= 4 is 34.0 Å². The number of thiazole rings is 1.